The van der Waals surface area contributed by atoms with Crippen molar-refractivity contribution in [1.29, 1.82) is 5.26 Å². The molecule has 0 aromatic heterocycles. The van der Waals surface area contributed by atoms with Gasteiger partial charge in [0, 0.05) is 6.54 Å². The number of carbonyl (C=O) groups excluding carboxylic acids is 1. The van der Waals surface area contributed by atoms with E-state index in [4.69, 9.17) is 10.00 Å². The zero-order chi connectivity index (χ0) is 14.7. The van der Waals surface area contributed by atoms with Crippen LogP contribution in [0.5, 0.6) is 0 Å². The monoisotopic (exact) mass is 282 g/mol. The molecule has 1 saturated heterocycles. The molecular weight excluding hydrogens is 270 g/mol. The Hall–Kier alpha value is -2.20. The number of morpholine rings is 1. The van der Waals surface area contributed by atoms with E-state index in [-0.39, 0.29) is 24.4 Å². The second-order valence-electron chi connectivity index (χ2n) is 4.20. The van der Waals surface area contributed by atoms with E-state index in [0.717, 1.165) is 0 Å². The summed E-state index contributed by atoms with van der Waals surface area (Å²) in [5, 5.41) is 8.64. The van der Waals surface area contributed by atoms with Crippen LogP contribution in [-0.2, 0) is 14.3 Å². The fourth-order valence-corrected chi connectivity index (χ4v) is 2.01. The summed E-state index contributed by atoms with van der Waals surface area (Å²) >= 11 is 0. The summed E-state index contributed by atoms with van der Waals surface area (Å²) in [7, 11) is 1.23. The number of hydrogen-bond donors (Lipinski definition) is 0. The number of nitrogens with zero attached hydrogens (tertiary/aromatic N) is 2. The lowest BCUT2D eigenvalue weighted by atomic mass is 10.1. The van der Waals surface area contributed by atoms with Gasteiger partial charge in [-0.05, 0) is 12.1 Å². The van der Waals surface area contributed by atoms with Crippen LogP contribution >= 0.6 is 0 Å². The highest BCUT2D eigenvalue weighted by Crippen LogP contribution is 2.25. The highest BCUT2D eigenvalue weighted by molar-refractivity contribution is 5.75. The fourth-order valence-electron chi connectivity index (χ4n) is 2.01. The smallest absolute Gasteiger partial charge is 0.336 e. The Balaban J connectivity index is 2.26. The number of rotatable bonds is 2. The number of nitriles is 1. The highest BCUT2D eigenvalue weighted by atomic mass is 19.2. The second-order valence-corrected chi connectivity index (χ2v) is 4.20. The number of halogens is 2. The molecule has 20 heavy (non-hydrogen) atoms. The predicted molar refractivity (Wildman–Crippen MR) is 65.0 cm³/mol. The van der Waals surface area contributed by atoms with Crippen LogP contribution in [0.25, 0.3) is 0 Å². The third-order valence-corrected chi connectivity index (χ3v) is 3.05. The first-order valence-electron chi connectivity index (χ1n) is 5.91. The number of anilines is 1. The number of hydrogen-bond acceptors (Lipinski definition) is 5. The number of ether oxygens (including phenoxy) is 2. The topological polar surface area (TPSA) is 62.6 Å². The second kappa shape index (κ2) is 5.84. The van der Waals surface area contributed by atoms with Gasteiger partial charge in [0.25, 0.3) is 0 Å². The van der Waals surface area contributed by atoms with E-state index in [1.165, 1.54) is 24.1 Å². The van der Waals surface area contributed by atoms with Gasteiger partial charge >= 0.3 is 5.97 Å². The molecule has 0 amide bonds. The van der Waals surface area contributed by atoms with Crippen molar-refractivity contribution in [3.8, 4) is 6.07 Å². The Labute approximate surface area is 114 Å². The third kappa shape index (κ3) is 2.56. The molecule has 1 unspecified atom stereocenters. The summed E-state index contributed by atoms with van der Waals surface area (Å²) in [5.41, 5.74) is -0.359. The summed E-state index contributed by atoms with van der Waals surface area (Å²) in [6, 6.07) is 4.09. The van der Waals surface area contributed by atoms with Gasteiger partial charge in [0.2, 0.25) is 0 Å². The highest BCUT2D eigenvalue weighted by Gasteiger charge is 2.29. The molecule has 106 valence electrons. The fraction of sp³-hybridized carbons (Fsp3) is 0.385. The van der Waals surface area contributed by atoms with Gasteiger partial charge in [-0.15, -0.1) is 0 Å². The van der Waals surface area contributed by atoms with Crippen LogP contribution in [0, 0.1) is 23.0 Å². The third-order valence-electron chi connectivity index (χ3n) is 3.05. The van der Waals surface area contributed by atoms with Gasteiger partial charge in [-0.25, -0.2) is 13.6 Å². The average molecular weight is 282 g/mol. The van der Waals surface area contributed by atoms with E-state index < -0.39 is 23.7 Å². The summed E-state index contributed by atoms with van der Waals surface area (Å²) in [6.07, 6.45) is -0.841. The quantitative estimate of drug-likeness (QED) is 0.763. The minimum absolute atomic E-state index is 0.00120. The number of carbonyl (C=O) groups is 1. The zero-order valence-electron chi connectivity index (χ0n) is 10.7. The Morgan fingerprint density at radius 2 is 2.25 bits per heavy atom. The molecule has 0 N–H and O–H groups in total. The van der Waals surface area contributed by atoms with Crippen molar-refractivity contribution in [2.45, 2.75) is 6.10 Å². The molecule has 1 aliphatic heterocycles. The maximum Gasteiger partial charge on any atom is 0.336 e. The Kier molecular flexibility index (Phi) is 4.15. The average Bonchev–Trinajstić information content (AvgIpc) is 2.49. The molecule has 1 aromatic carbocycles. The molecule has 5 nitrogen and oxygen atoms in total. The molecule has 0 bridgehead atoms. The molecule has 2 rings (SSSR count). The van der Waals surface area contributed by atoms with Crippen molar-refractivity contribution >= 4 is 11.7 Å². The van der Waals surface area contributed by atoms with E-state index in [2.05, 4.69) is 4.74 Å². The van der Waals surface area contributed by atoms with Crippen LogP contribution in [0.2, 0.25) is 0 Å². The van der Waals surface area contributed by atoms with Gasteiger partial charge in [-0.1, -0.05) is 0 Å². The normalized spacial score (nSPS) is 18.5. The summed E-state index contributed by atoms with van der Waals surface area (Å²) < 4.78 is 37.3. The number of esters is 1. The van der Waals surface area contributed by atoms with E-state index in [0.29, 0.717) is 6.54 Å². The number of benzene rings is 1. The van der Waals surface area contributed by atoms with Crippen LogP contribution < -0.4 is 4.90 Å². The lowest BCUT2D eigenvalue weighted by Gasteiger charge is -2.33. The number of methoxy groups -OCH3 is 1. The van der Waals surface area contributed by atoms with Gasteiger partial charge in [0.15, 0.2) is 17.7 Å². The maximum absolute atomic E-state index is 13.9. The first kappa shape index (κ1) is 14.2. The van der Waals surface area contributed by atoms with Gasteiger partial charge in [0.1, 0.15) is 6.07 Å². The van der Waals surface area contributed by atoms with E-state index in [1.54, 1.807) is 6.07 Å². The molecule has 1 fully saturated rings. The van der Waals surface area contributed by atoms with Crippen molar-refractivity contribution in [2.75, 3.05) is 31.7 Å². The summed E-state index contributed by atoms with van der Waals surface area (Å²) in [5.74, 6) is -2.86. The molecule has 0 radical (unpaired) electrons. The summed E-state index contributed by atoms with van der Waals surface area (Å²) in [6.45, 7) is 0.575. The summed E-state index contributed by atoms with van der Waals surface area (Å²) in [4.78, 5) is 12.9. The lowest BCUT2D eigenvalue weighted by molar-refractivity contribution is -0.154. The largest absolute Gasteiger partial charge is 0.467 e. The lowest BCUT2D eigenvalue weighted by Crippen LogP contribution is -2.47. The zero-order valence-corrected chi connectivity index (χ0v) is 10.7. The first-order chi connectivity index (χ1) is 9.58. The molecule has 1 aliphatic rings. The van der Waals surface area contributed by atoms with E-state index in [1.807, 2.05) is 0 Å². The molecular formula is C13H12F2N2O3. The van der Waals surface area contributed by atoms with E-state index in [9.17, 15) is 13.6 Å². The van der Waals surface area contributed by atoms with Crippen molar-refractivity contribution < 1.29 is 23.0 Å². The minimum Gasteiger partial charge on any atom is -0.467 e. The van der Waals surface area contributed by atoms with Crippen molar-refractivity contribution in [3.63, 3.8) is 0 Å². The van der Waals surface area contributed by atoms with Crippen LogP contribution in [0.4, 0.5) is 14.5 Å². The van der Waals surface area contributed by atoms with Crippen LogP contribution in [0.3, 0.4) is 0 Å². The van der Waals surface area contributed by atoms with E-state index >= 15 is 0 Å². The van der Waals surface area contributed by atoms with Crippen LogP contribution in [-0.4, -0.2) is 38.9 Å². The minimum atomic E-state index is -1.19. The predicted octanol–water partition coefficient (Wildman–Crippen LogP) is 1.21. The van der Waals surface area contributed by atoms with Gasteiger partial charge in [-0.2, -0.15) is 5.26 Å². The standard InChI is InChI=1S/C13H12F2N2O3/c1-19-13(18)10-7-17(4-5-20-10)9-3-2-8(6-16)11(14)12(9)15/h2-3,10H,4-5,7H2,1H3. The molecule has 0 saturated carbocycles. The van der Waals surface area contributed by atoms with Gasteiger partial charge < -0.3 is 14.4 Å². The molecule has 7 heteroatoms. The molecule has 0 aliphatic carbocycles. The Morgan fingerprint density at radius 1 is 1.50 bits per heavy atom. The SMILES string of the molecule is COC(=O)C1CN(c2ccc(C#N)c(F)c2F)CCO1. The Bertz CT molecular complexity index is 571. The van der Waals surface area contributed by atoms with Gasteiger partial charge in [0.05, 0.1) is 31.5 Å². The Morgan fingerprint density at radius 3 is 2.90 bits per heavy atom. The van der Waals surface area contributed by atoms with Crippen molar-refractivity contribution in [3.05, 3.63) is 29.3 Å². The van der Waals surface area contributed by atoms with Crippen LogP contribution in [0.15, 0.2) is 12.1 Å². The molecule has 1 aromatic rings. The van der Waals surface area contributed by atoms with Gasteiger partial charge in [-0.3, -0.25) is 0 Å². The van der Waals surface area contributed by atoms with Crippen LogP contribution in [0.1, 0.15) is 5.56 Å². The molecule has 1 atom stereocenters. The first-order valence-corrected chi connectivity index (χ1v) is 5.91. The van der Waals surface area contributed by atoms with Crippen molar-refractivity contribution in [2.24, 2.45) is 0 Å². The molecule has 1 heterocycles. The van der Waals surface area contributed by atoms with Crippen molar-refractivity contribution in [1.82, 2.24) is 0 Å². The molecule has 0 spiro atoms. The maximum atomic E-state index is 13.9.